The Balaban J connectivity index is 2.78. The Hall–Kier alpha value is -2.04. The van der Waals surface area contributed by atoms with E-state index in [0.29, 0.717) is 5.69 Å². The number of nitrogen functional groups attached to an aromatic ring is 1. The van der Waals surface area contributed by atoms with Gasteiger partial charge in [-0.05, 0) is 45.4 Å². The summed E-state index contributed by atoms with van der Waals surface area (Å²) < 4.78 is 0. The van der Waals surface area contributed by atoms with Crippen molar-refractivity contribution in [2.75, 3.05) is 19.3 Å². The number of nitrogens with two attached hydrogens (primary N) is 1. The highest BCUT2D eigenvalue weighted by Gasteiger charge is 2.33. The molecule has 0 heterocycles. The van der Waals surface area contributed by atoms with E-state index in [1.165, 1.54) is 0 Å². The summed E-state index contributed by atoms with van der Waals surface area (Å²) in [6.07, 6.45) is 0. The average molecular weight is 291 g/mol. The first-order valence-electron chi connectivity index (χ1n) is 6.98. The Kier molecular flexibility index (Phi) is 4.99. The lowest BCUT2D eigenvalue weighted by Gasteiger charge is -2.28. The van der Waals surface area contributed by atoms with Gasteiger partial charge in [-0.2, -0.15) is 0 Å². The van der Waals surface area contributed by atoms with Crippen molar-refractivity contribution in [1.82, 2.24) is 10.6 Å². The molecule has 0 saturated carbocycles. The second-order valence-electron chi connectivity index (χ2n) is 6.39. The molecular formula is C16H25N3O2. The summed E-state index contributed by atoms with van der Waals surface area (Å²) in [5.41, 5.74) is 5.87. The van der Waals surface area contributed by atoms with Crippen molar-refractivity contribution >= 4 is 17.5 Å². The van der Waals surface area contributed by atoms with Crippen LogP contribution in [0.4, 0.5) is 5.69 Å². The van der Waals surface area contributed by atoms with Crippen molar-refractivity contribution in [3.63, 3.8) is 0 Å². The summed E-state index contributed by atoms with van der Waals surface area (Å²) in [4.78, 5) is 24.2. The molecule has 0 fully saturated rings. The molecular weight excluding hydrogens is 266 g/mol. The highest BCUT2D eigenvalue weighted by molar-refractivity contribution is 5.88. The monoisotopic (exact) mass is 291 g/mol. The van der Waals surface area contributed by atoms with Crippen LogP contribution in [0.5, 0.6) is 0 Å². The van der Waals surface area contributed by atoms with E-state index in [2.05, 4.69) is 10.6 Å². The van der Waals surface area contributed by atoms with Crippen LogP contribution in [0.3, 0.4) is 0 Å². The van der Waals surface area contributed by atoms with Crippen LogP contribution >= 0.6 is 0 Å². The number of hydrogen-bond donors (Lipinski definition) is 3. The predicted octanol–water partition coefficient (Wildman–Crippen LogP) is 1.43. The van der Waals surface area contributed by atoms with E-state index in [4.69, 9.17) is 5.73 Å². The molecule has 5 nitrogen and oxygen atoms in total. The number of amides is 2. The Labute approximate surface area is 126 Å². The molecule has 0 aliphatic rings. The number of benzene rings is 1. The van der Waals surface area contributed by atoms with E-state index in [9.17, 15) is 9.59 Å². The summed E-state index contributed by atoms with van der Waals surface area (Å²) in [6, 6.07) is 7.25. The van der Waals surface area contributed by atoms with Gasteiger partial charge in [0.1, 0.15) is 0 Å². The van der Waals surface area contributed by atoms with Crippen LogP contribution in [0.2, 0.25) is 0 Å². The van der Waals surface area contributed by atoms with Crippen LogP contribution < -0.4 is 16.4 Å². The minimum atomic E-state index is -0.688. The SMILES string of the molecule is CNC(=O)C(C)(C)CNC(=O)C(C)(C)c1ccc(N)cc1. The zero-order valence-corrected chi connectivity index (χ0v) is 13.4. The molecule has 1 aromatic carbocycles. The molecule has 0 radical (unpaired) electrons. The molecule has 0 aliphatic heterocycles. The van der Waals surface area contributed by atoms with Gasteiger partial charge < -0.3 is 16.4 Å². The normalized spacial score (nSPS) is 11.9. The summed E-state index contributed by atoms with van der Waals surface area (Å²) in [7, 11) is 1.59. The molecule has 5 heteroatoms. The molecule has 116 valence electrons. The number of hydrogen-bond acceptors (Lipinski definition) is 3. The van der Waals surface area contributed by atoms with Gasteiger partial charge >= 0.3 is 0 Å². The number of rotatable bonds is 5. The molecule has 0 unspecified atom stereocenters. The minimum absolute atomic E-state index is 0.104. The van der Waals surface area contributed by atoms with Crippen LogP contribution in [-0.2, 0) is 15.0 Å². The first-order valence-corrected chi connectivity index (χ1v) is 6.98. The Morgan fingerprint density at radius 2 is 1.57 bits per heavy atom. The standard InChI is InChI=1S/C16H25N3O2/c1-15(2,13(20)18-5)10-19-14(21)16(3,4)11-6-8-12(17)9-7-11/h6-9H,10,17H2,1-5H3,(H,18,20)(H,19,21). The maximum atomic E-state index is 12.4. The molecule has 0 aliphatic carbocycles. The molecule has 0 aromatic heterocycles. The summed E-state index contributed by atoms with van der Waals surface area (Å²) >= 11 is 0. The lowest BCUT2D eigenvalue weighted by atomic mass is 9.83. The number of carbonyl (C=O) groups excluding carboxylic acids is 2. The third-order valence-electron chi connectivity index (χ3n) is 3.73. The topological polar surface area (TPSA) is 84.2 Å². The molecule has 0 bridgehead atoms. The van der Waals surface area contributed by atoms with Crippen LogP contribution in [0.15, 0.2) is 24.3 Å². The van der Waals surface area contributed by atoms with Crippen LogP contribution in [0.25, 0.3) is 0 Å². The Morgan fingerprint density at radius 1 is 1.05 bits per heavy atom. The predicted molar refractivity (Wildman–Crippen MR) is 84.7 cm³/mol. The molecule has 0 atom stereocenters. The second-order valence-corrected chi connectivity index (χ2v) is 6.39. The first kappa shape index (κ1) is 17.0. The third-order valence-corrected chi connectivity index (χ3v) is 3.73. The highest BCUT2D eigenvalue weighted by atomic mass is 16.2. The van der Waals surface area contributed by atoms with Crippen molar-refractivity contribution in [2.24, 2.45) is 5.41 Å². The fourth-order valence-corrected chi connectivity index (χ4v) is 1.97. The van der Waals surface area contributed by atoms with Crippen LogP contribution in [-0.4, -0.2) is 25.4 Å². The van der Waals surface area contributed by atoms with Crippen LogP contribution in [0.1, 0.15) is 33.3 Å². The molecule has 0 spiro atoms. The lowest BCUT2D eigenvalue weighted by Crippen LogP contribution is -2.48. The van der Waals surface area contributed by atoms with Gasteiger partial charge in [0.2, 0.25) is 11.8 Å². The lowest BCUT2D eigenvalue weighted by molar-refractivity contribution is -0.130. The van der Waals surface area contributed by atoms with Crippen LogP contribution in [0, 0.1) is 5.41 Å². The van der Waals surface area contributed by atoms with Crippen molar-refractivity contribution in [3.8, 4) is 0 Å². The third kappa shape index (κ3) is 3.97. The van der Waals surface area contributed by atoms with E-state index in [1.807, 2.05) is 26.0 Å². The molecule has 0 saturated heterocycles. The summed E-state index contributed by atoms with van der Waals surface area (Å²) in [5.74, 6) is -0.225. The minimum Gasteiger partial charge on any atom is -0.399 e. The fourth-order valence-electron chi connectivity index (χ4n) is 1.97. The van der Waals surface area contributed by atoms with Gasteiger partial charge in [-0.15, -0.1) is 0 Å². The molecule has 4 N–H and O–H groups in total. The quantitative estimate of drug-likeness (QED) is 0.718. The molecule has 21 heavy (non-hydrogen) atoms. The number of carbonyl (C=O) groups is 2. The van der Waals surface area contributed by atoms with Gasteiger partial charge in [0, 0.05) is 19.3 Å². The van der Waals surface area contributed by atoms with Gasteiger partial charge in [0.25, 0.3) is 0 Å². The smallest absolute Gasteiger partial charge is 0.230 e. The molecule has 1 aromatic rings. The van der Waals surface area contributed by atoms with E-state index in [1.54, 1.807) is 33.0 Å². The fraction of sp³-hybridized carbons (Fsp3) is 0.500. The van der Waals surface area contributed by atoms with Gasteiger partial charge in [-0.1, -0.05) is 12.1 Å². The van der Waals surface area contributed by atoms with Gasteiger partial charge in [0.05, 0.1) is 10.8 Å². The Bertz CT molecular complexity index is 519. The average Bonchev–Trinajstić information content (AvgIpc) is 2.44. The van der Waals surface area contributed by atoms with E-state index < -0.39 is 10.8 Å². The van der Waals surface area contributed by atoms with Gasteiger partial charge in [-0.3, -0.25) is 9.59 Å². The van der Waals surface area contributed by atoms with E-state index in [-0.39, 0.29) is 18.4 Å². The number of nitrogens with one attached hydrogen (secondary N) is 2. The highest BCUT2D eigenvalue weighted by Crippen LogP contribution is 2.25. The molecule has 2 amide bonds. The summed E-state index contributed by atoms with van der Waals surface area (Å²) in [6.45, 7) is 7.57. The maximum Gasteiger partial charge on any atom is 0.230 e. The maximum absolute atomic E-state index is 12.4. The summed E-state index contributed by atoms with van der Waals surface area (Å²) in [5, 5.41) is 5.46. The zero-order valence-electron chi connectivity index (χ0n) is 13.4. The van der Waals surface area contributed by atoms with Crippen molar-refractivity contribution < 1.29 is 9.59 Å². The largest absolute Gasteiger partial charge is 0.399 e. The van der Waals surface area contributed by atoms with Crippen molar-refractivity contribution in [2.45, 2.75) is 33.1 Å². The van der Waals surface area contributed by atoms with Crippen molar-refractivity contribution in [1.29, 1.82) is 0 Å². The molecule has 1 rings (SSSR count). The first-order chi connectivity index (χ1) is 9.61. The van der Waals surface area contributed by atoms with Gasteiger partial charge in [0.15, 0.2) is 0 Å². The van der Waals surface area contributed by atoms with E-state index >= 15 is 0 Å². The Morgan fingerprint density at radius 3 is 2.05 bits per heavy atom. The van der Waals surface area contributed by atoms with Gasteiger partial charge in [-0.25, -0.2) is 0 Å². The van der Waals surface area contributed by atoms with Crippen molar-refractivity contribution in [3.05, 3.63) is 29.8 Å². The second kappa shape index (κ2) is 6.16. The number of anilines is 1. The zero-order chi connectivity index (χ0) is 16.3. The van der Waals surface area contributed by atoms with E-state index in [0.717, 1.165) is 5.56 Å².